The van der Waals surface area contributed by atoms with Crippen LogP contribution in [0, 0.1) is 0 Å². The quantitative estimate of drug-likeness (QED) is 0.928. The highest BCUT2D eigenvalue weighted by molar-refractivity contribution is 7.12. The summed E-state index contributed by atoms with van der Waals surface area (Å²) in [5.74, 6) is 0. The van der Waals surface area contributed by atoms with E-state index in [-0.39, 0.29) is 5.54 Å². The molecule has 1 aromatic heterocycles. The minimum atomic E-state index is 0.176. The summed E-state index contributed by atoms with van der Waals surface area (Å²) in [5, 5.41) is 5.24. The fourth-order valence-corrected chi connectivity index (χ4v) is 5.78. The van der Waals surface area contributed by atoms with Crippen molar-refractivity contribution in [2.24, 2.45) is 0 Å². The summed E-state index contributed by atoms with van der Waals surface area (Å²) in [6, 6.07) is 0.793. The number of piperidine rings is 1. The van der Waals surface area contributed by atoms with E-state index in [1.54, 1.807) is 4.88 Å². The van der Waals surface area contributed by atoms with E-state index >= 15 is 0 Å². The van der Waals surface area contributed by atoms with Crippen molar-refractivity contribution < 1.29 is 0 Å². The Bertz CT molecular complexity index is 476. The molecule has 4 rings (SSSR count). The van der Waals surface area contributed by atoms with Gasteiger partial charge in [-0.3, -0.25) is 0 Å². The number of fused-ring (bicyclic) bond motifs is 2. The Morgan fingerprint density at radius 3 is 3.15 bits per heavy atom. The number of nitrogens with zero attached hydrogens (tertiary/aromatic N) is 2. The highest BCUT2D eigenvalue weighted by atomic mass is 32.1. The molecular weight excluding hydrogens is 266 g/mol. The van der Waals surface area contributed by atoms with Gasteiger partial charge in [-0.2, -0.15) is 0 Å². The van der Waals surface area contributed by atoms with Gasteiger partial charge < -0.3 is 10.2 Å². The van der Waals surface area contributed by atoms with Crippen molar-refractivity contribution in [1.29, 1.82) is 0 Å². The van der Waals surface area contributed by atoms with Crippen LogP contribution in [0.4, 0.5) is 0 Å². The molecule has 1 N–H and O–H groups in total. The number of rotatable bonds is 3. The van der Waals surface area contributed by atoms with Gasteiger partial charge in [-0.1, -0.05) is 6.92 Å². The average Bonchev–Trinajstić information content (AvgIpc) is 3.13. The number of hydrogen-bond donors (Lipinski definition) is 1. The van der Waals surface area contributed by atoms with Crippen molar-refractivity contribution >= 4 is 11.3 Å². The minimum Gasteiger partial charge on any atom is -0.306 e. The van der Waals surface area contributed by atoms with Crippen molar-refractivity contribution in [2.75, 3.05) is 19.6 Å². The summed E-state index contributed by atoms with van der Waals surface area (Å²) in [6.45, 7) is 5.87. The zero-order valence-electron chi connectivity index (χ0n) is 12.5. The summed E-state index contributed by atoms with van der Waals surface area (Å²) in [5.41, 5.74) is 1.59. The van der Waals surface area contributed by atoms with Gasteiger partial charge in [0.1, 0.15) is 5.01 Å². The van der Waals surface area contributed by atoms with E-state index in [1.807, 2.05) is 11.3 Å². The topological polar surface area (TPSA) is 28.2 Å². The van der Waals surface area contributed by atoms with Crippen LogP contribution in [-0.4, -0.2) is 35.6 Å². The first kappa shape index (κ1) is 13.2. The van der Waals surface area contributed by atoms with Gasteiger partial charge in [0.05, 0.1) is 11.2 Å². The first-order valence-electron chi connectivity index (χ1n) is 8.29. The molecule has 0 bridgehead atoms. The van der Waals surface area contributed by atoms with Crippen molar-refractivity contribution in [3.05, 3.63) is 15.6 Å². The van der Waals surface area contributed by atoms with E-state index in [9.17, 15) is 0 Å². The molecule has 2 atom stereocenters. The van der Waals surface area contributed by atoms with Crippen LogP contribution in [0.25, 0.3) is 0 Å². The van der Waals surface area contributed by atoms with Crippen LogP contribution in [0.5, 0.6) is 0 Å². The molecule has 2 unspecified atom stereocenters. The molecule has 3 nitrogen and oxygen atoms in total. The molecule has 110 valence electrons. The highest BCUT2D eigenvalue weighted by Gasteiger charge is 2.44. The largest absolute Gasteiger partial charge is 0.306 e. The Kier molecular flexibility index (Phi) is 3.36. The SMILES string of the molecule is CCNC1(c2nc3c(s2)CCC3)CCN2CCCC2C1. The second-order valence-corrected chi connectivity index (χ2v) is 7.72. The Morgan fingerprint density at radius 2 is 2.30 bits per heavy atom. The average molecular weight is 291 g/mol. The van der Waals surface area contributed by atoms with E-state index in [0.717, 1.165) is 12.6 Å². The maximum atomic E-state index is 5.06. The summed E-state index contributed by atoms with van der Waals surface area (Å²) in [4.78, 5) is 9.34. The monoisotopic (exact) mass is 291 g/mol. The van der Waals surface area contributed by atoms with Crippen LogP contribution in [0.1, 0.15) is 54.6 Å². The lowest BCUT2D eigenvalue weighted by Crippen LogP contribution is -2.53. The van der Waals surface area contributed by atoms with Gasteiger partial charge >= 0.3 is 0 Å². The number of nitrogens with one attached hydrogen (secondary N) is 1. The lowest BCUT2D eigenvalue weighted by atomic mass is 9.83. The van der Waals surface area contributed by atoms with Crippen LogP contribution in [-0.2, 0) is 18.4 Å². The van der Waals surface area contributed by atoms with Gasteiger partial charge in [0.15, 0.2) is 0 Å². The molecule has 4 heteroatoms. The zero-order chi connectivity index (χ0) is 13.6. The van der Waals surface area contributed by atoms with E-state index < -0.39 is 0 Å². The highest BCUT2D eigenvalue weighted by Crippen LogP contribution is 2.42. The van der Waals surface area contributed by atoms with E-state index in [4.69, 9.17) is 4.98 Å². The normalized spacial score (nSPS) is 33.4. The van der Waals surface area contributed by atoms with Crippen LogP contribution in [0.3, 0.4) is 0 Å². The fraction of sp³-hybridized carbons (Fsp3) is 0.812. The van der Waals surface area contributed by atoms with Crippen molar-refractivity contribution in [1.82, 2.24) is 15.2 Å². The summed E-state index contributed by atoms with van der Waals surface area (Å²) >= 11 is 2.01. The smallest absolute Gasteiger partial charge is 0.113 e. The van der Waals surface area contributed by atoms with Crippen LogP contribution in [0.15, 0.2) is 0 Å². The van der Waals surface area contributed by atoms with Crippen LogP contribution >= 0.6 is 11.3 Å². The molecular formula is C16H25N3S. The maximum absolute atomic E-state index is 5.06. The van der Waals surface area contributed by atoms with Crippen LogP contribution in [0.2, 0.25) is 0 Å². The molecule has 3 aliphatic rings. The molecule has 2 aliphatic heterocycles. The van der Waals surface area contributed by atoms with Gasteiger partial charge in [0.2, 0.25) is 0 Å². The molecule has 3 heterocycles. The van der Waals surface area contributed by atoms with Gasteiger partial charge in [-0.15, -0.1) is 11.3 Å². The minimum absolute atomic E-state index is 0.176. The Balaban J connectivity index is 1.65. The molecule has 1 aliphatic carbocycles. The number of hydrogen-bond acceptors (Lipinski definition) is 4. The first-order valence-corrected chi connectivity index (χ1v) is 9.10. The predicted molar refractivity (Wildman–Crippen MR) is 83.3 cm³/mol. The van der Waals surface area contributed by atoms with Gasteiger partial charge in [0.25, 0.3) is 0 Å². The fourth-order valence-electron chi connectivity index (χ4n) is 4.42. The van der Waals surface area contributed by atoms with Gasteiger partial charge in [-0.25, -0.2) is 4.98 Å². The molecule has 0 aromatic carbocycles. The molecule has 2 fully saturated rings. The third-order valence-corrected chi connectivity index (χ3v) is 6.79. The standard InChI is InChI=1S/C16H25N3S/c1-2-17-16(8-10-19-9-4-5-12(19)11-16)15-18-13-6-3-7-14(13)20-15/h12,17H,2-11H2,1H3. The second kappa shape index (κ2) is 5.08. The Hall–Kier alpha value is -0.450. The summed E-state index contributed by atoms with van der Waals surface area (Å²) in [6.07, 6.45) is 9.09. The lowest BCUT2D eigenvalue weighted by molar-refractivity contribution is 0.106. The molecule has 0 amide bonds. The molecule has 0 saturated carbocycles. The molecule has 0 radical (unpaired) electrons. The molecule has 2 saturated heterocycles. The first-order chi connectivity index (χ1) is 9.81. The third-order valence-electron chi connectivity index (χ3n) is 5.43. The van der Waals surface area contributed by atoms with Crippen molar-refractivity contribution in [3.63, 3.8) is 0 Å². The van der Waals surface area contributed by atoms with E-state index in [0.29, 0.717) is 0 Å². The van der Waals surface area contributed by atoms with Crippen LogP contribution < -0.4 is 5.32 Å². The van der Waals surface area contributed by atoms with Crippen molar-refractivity contribution in [2.45, 2.75) is 63.5 Å². The lowest BCUT2D eigenvalue weighted by Gasteiger charge is -2.43. The van der Waals surface area contributed by atoms with Gasteiger partial charge in [-0.05, 0) is 58.0 Å². The van der Waals surface area contributed by atoms with Crippen molar-refractivity contribution in [3.8, 4) is 0 Å². The zero-order valence-corrected chi connectivity index (χ0v) is 13.3. The Labute approximate surface area is 125 Å². The second-order valence-electron chi connectivity index (χ2n) is 6.64. The molecule has 20 heavy (non-hydrogen) atoms. The molecule has 1 aromatic rings. The summed E-state index contributed by atoms with van der Waals surface area (Å²) < 4.78 is 0. The number of aromatic nitrogens is 1. The summed E-state index contributed by atoms with van der Waals surface area (Å²) in [7, 11) is 0. The Morgan fingerprint density at radius 1 is 1.35 bits per heavy atom. The molecule has 0 spiro atoms. The van der Waals surface area contributed by atoms with E-state index in [1.165, 1.54) is 68.7 Å². The number of aryl methyl sites for hydroxylation is 2. The third kappa shape index (κ3) is 2.04. The van der Waals surface area contributed by atoms with E-state index in [2.05, 4.69) is 17.1 Å². The van der Waals surface area contributed by atoms with Gasteiger partial charge in [0, 0.05) is 17.5 Å². The maximum Gasteiger partial charge on any atom is 0.113 e. The number of thiazole rings is 1. The predicted octanol–water partition coefficient (Wildman–Crippen LogP) is 2.69.